The van der Waals surface area contributed by atoms with Crippen LogP contribution in [-0.4, -0.2) is 19.5 Å². The number of fused-ring (bicyclic) bond motifs is 7. The number of para-hydroxylation sites is 2. The molecule has 5 nitrogen and oxygen atoms in total. The molecule has 3 heterocycles. The topological polar surface area (TPSA) is 56.7 Å². The lowest BCUT2D eigenvalue weighted by molar-refractivity contribution is 0.673. The SMILES string of the molecule is c1ccc(-c2cc(-c3ccccc3)cc(-c3ccc(-c4ccc5c(c4)oc4c5ccc5c4c4ccccc4n5-c4ccccc4)c(-c4nc(-c5ccccc5)nc(-c5ccccc5)n4)c3)c2)cc1. The Hall–Kier alpha value is -9.19. The fourth-order valence-electron chi connectivity index (χ4n) is 9.79. The predicted octanol–water partition coefficient (Wildman–Crippen LogP) is 16.5. The van der Waals surface area contributed by atoms with Crippen LogP contribution in [-0.2, 0) is 0 Å². The lowest BCUT2D eigenvalue weighted by atomic mass is 9.90. The van der Waals surface area contributed by atoms with Crippen molar-refractivity contribution < 1.29 is 4.42 Å². The quantitative estimate of drug-likeness (QED) is 0.153. The second-order valence-corrected chi connectivity index (χ2v) is 17.2. The molecule has 0 radical (unpaired) electrons. The van der Waals surface area contributed by atoms with E-state index in [2.05, 4.69) is 211 Å². The zero-order valence-electron chi connectivity index (χ0n) is 36.8. The number of hydrogen-bond acceptors (Lipinski definition) is 4. The molecule has 0 N–H and O–H groups in total. The Morgan fingerprint density at radius 3 is 1.41 bits per heavy atom. The van der Waals surface area contributed by atoms with E-state index < -0.39 is 0 Å². The van der Waals surface area contributed by atoms with Crippen LogP contribution in [0.15, 0.2) is 247 Å². The number of benzene rings is 10. The maximum atomic E-state index is 7.03. The summed E-state index contributed by atoms with van der Waals surface area (Å²) in [6.07, 6.45) is 0. The Bertz CT molecular complexity index is 3880. The molecule has 13 rings (SSSR count). The molecular formula is C63H40N4O. The molecule has 0 bridgehead atoms. The molecule has 0 saturated carbocycles. The molecule has 0 spiro atoms. The minimum Gasteiger partial charge on any atom is -0.455 e. The van der Waals surface area contributed by atoms with Gasteiger partial charge in [0.05, 0.1) is 16.4 Å². The average molecular weight is 869 g/mol. The molecule has 3 aromatic heterocycles. The van der Waals surface area contributed by atoms with Crippen LogP contribution in [0.5, 0.6) is 0 Å². The molecule has 68 heavy (non-hydrogen) atoms. The Labute approximate surface area is 392 Å². The number of furan rings is 1. The first-order valence-electron chi connectivity index (χ1n) is 22.9. The van der Waals surface area contributed by atoms with Gasteiger partial charge in [-0.25, -0.2) is 15.0 Å². The van der Waals surface area contributed by atoms with E-state index in [1.54, 1.807) is 0 Å². The summed E-state index contributed by atoms with van der Waals surface area (Å²) in [7, 11) is 0. The van der Waals surface area contributed by atoms with Crippen molar-refractivity contribution >= 4 is 43.7 Å². The van der Waals surface area contributed by atoms with E-state index in [0.717, 1.165) is 111 Å². The van der Waals surface area contributed by atoms with Gasteiger partial charge < -0.3 is 8.98 Å². The smallest absolute Gasteiger partial charge is 0.164 e. The monoisotopic (exact) mass is 868 g/mol. The number of hydrogen-bond donors (Lipinski definition) is 0. The van der Waals surface area contributed by atoms with Gasteiger partial charge in [0, 0.05) is 38.5 Å². The summed E-state index contributed by atoms with van der Waals surface area (Å²) < 4.78 is 9.36. The van der Waals surface area contributed by atoms with Crippen molar-refractivity contribution in [3.63, 3.8) is 0 Å². The van der Waals surface area contributed by atoms with E-state index in [1.807, 2.05) is 36.4 Å². The van der Waals surface area contributed by atoms with Gasteiger partial charge in [0.1, 0.15) is 11.2 Å². The van der Waals surface area contributed by atoms with Gasteiger partial charge in [0.15, 0.2) is 17.5 Å². The Morgan fingerprint density at radius 2 is 0.794 bits per heavy atom. The molecule has 0 aliphatic carbocycles. The van der Waals surface area contributed by atoms with Crippen LogP contribution >= 0.6 is 0 Å². The zero-order chi connectivity index (χ0) is 45.0. The van der Waals surface area contributed by atoms with Crippen molar-refractivity contribution in [1.82, 2.24) is 19.5 Å². The van der Waals surface area contributed by atoms with E-state index in [4.69, 9.17) is 19.4 Å². The lowest BCUT2D eigenvalue weighted by Gasteiger charge is -2.16. The van der Waals surface area contributed by atoms with Crippen molar-refractivity contribution in [2.45, 2.75) is 0 Å². The average Bonchev–Trinajstić information content (AvgIpc) is 3.97. The van der Waals surface area contributed by atoms with Crippen molar-refractivity contribution in [2.75, 3.05) is 0 Å². The highest BCUT2D eigenvalue weighted by Crippen LogP contribution is 2.43. The van der Waals surface area contributed by atoms with Gasteiger partial charge in [-0.15, -0.1) is 0 Å². The van der Waals surface area contributed by atoms with Gasteiger partial charge in [-0.1, -0.05) is 176 Å². The molecule has 0 aliphatic heterocycles. The highest BCUT2D eigenvalue weighted by atomic mass is 16.3. The van der Waals surface area contributed by atoms with Crippen molar-refractivity contribution in [3.8, 4) is 84.4 Å². The standard InChI is InChI=1S/C63H40N4O/c1-6-18-41(19-7-1)47-36-48(42-20-8-2-9-21-42)38-49(37-47)45-30-32-51(55(39-45)63-65-61(43-22-10-3-11-23-43)64-62(66-63)44-24-12-4-13-25-44)46-31-33-52-53-34-35-57-59(60(53)68-58(52)40-46)54-28-16-17-29-56(54)67(57)50-26-14-5-15-27-50/h1-40H. The summed E-state index contributed by atoms with van der Waals surface area (Å²) in [5, 5.41) is 4.39. The maximum absolute atomic E-state index is 7.03. The van der Waals surface area contributed by atoms with Crippen LogP contribution in [0.2, 0.25) is 0 Å². The highest BCUT2D eigenvalue weighted by Gasteiger charge is 2.21. The molecule has 318 valence electrons. The second-order valence-electron chi connectivity index (χ2n) is 17.2. The van der Waals surface area contributed by atoms with E-state index >= 15 is 0 Å². The maximum Gasteiger partial charge on any atom is 0.164 e. The van der Waals surface area contributed by atoms with Crippen LogP contribution in [0.3, 0.4) is 0 Å². The summed E-state index contributed by atoms with van der Waals surface area (Å²) in [5.74, 6) is 1.79. The fraction of sp³-hybridized carbons (Fsp3) is 0. The van der Waals surface area contributed by atoms with Crippen LogP contribution in [0.4, 0.5) is 0 Å². The molecule has 13 aromatic rings. The summed E-state index contributed by atoms with van der Waals surface area (Å²) in [6.45, 7) is 0. The summed E-state index contributed by atoms with van der Waals surface area (Å²) in [5.41, 5.74) is 16.4. The molecule has 5 heteroatoms. The Kier molecular flexibility index (Phi) is 9.43. The fourth-order valence-corrected chi connectivity index (χ4v) is 9.79. The number of rotatable bonds is 8. The predicted molar refractivity (Wildman–Crippen MR) is 279 cm³/mol. The van der Waals surface area contributed by atoms with Crippen LogP contribution in [0, 0.1) is 0 Å². The zero-order valence-corrected chi connectivity index (χ0v) is 36.8. The van der Waals surface area contributed by atoms with E-state index in [1.165, 1.54) is 0 Å². The van der Waals surface area contributed by atoms with Crippen molar-refractivity contribution in [1.29, 1.82) is 0 Å². The van der Waals surface area contributed by atoms with Gasteiger partial charge in [0.25, 0.3) is 0 Å². The minimum atomic E-state index is 0.581. The molecular weight excluding hydrogens is 829 g/mol. The molecule has 0 unspecified atom stereocenters. The summed E-state index contributed by atoms with van der Waals surface area (Å²) in [4.78, 5) is 15.6. The first kappa shape index (κ1) is 39.2. The summed E-state index contributed by atoms with van der Waals surface area (Å²) in [6, 6.07) is 85.2. The first-order chi connectivity index (χ1) is 33.7. The molecule has 0 fully saturated rings. The molecule has 10 aromatic carbocycles. The van der Waals surface area contributed by atoms with Gasteiger partial charge in [-0.3, -0.25) is 0 Å². The summed E-state index contributed by atoms with van der Waals surface area (Å²) >= 11 is 0. The third-order valence-electron chi connectivity index (χ3n) is 13.0. The molecule has 0 saturated heterocycles. The Balaban J connectivity index is 1.04. The molecule has 0 atom stereocenters. The van der Waals surface area contributed by atoms with Gasteiger partial charge in [0.2, 0.25) is 0 Å². The Morgan fingerprint density at radius 1 is 0.294 bits per heavy atom. The number of aromatic nitrogens is 4. The third-order valence-corrected chi connectivity index (χ3v) is 13.0. The van der Waals surface area contributed by atoms with E-state index in [0.29, 0.717) is 17.5 Å². The second kappa shape index (κ2) is 16.4. The number of nitrogens with zero attached hydrogens (tertiary/aromatic N) is 4. The lowest BCUT2D eigenvalue weighted by Crippen LogP contribution is -2.01. The third kappa shape index (κ3) is 6.84. The normalized spacial score (nSPS) is 11.5. The van der Waals surface area contributed by atoms with Crippen LogP contribution in [0.25, 0.3) is 128 Å². The largest absolute Gasteiger partial charge is 0.455 e. The van der Waals surface area contributed by atoms with Crippen LogP contribution < -0.4 is 0 Å². The van der Waals surface area contributed by atoms with Crippen molar-refractivity contribution in [2.24, 2.45) is 0 Å². The molecule has 0 aliphatic rings. The molecule has 0 amide bonds. The van der Waals surface area contributed by atoms with Gasteiger partial charge in [-0.2, -0.15) is 0 Å². The van der Waals surface area contributed by atoms with E-state index in [-0.39, 0.29) is 0 Å². The van der Waals surface area contributed by atoms with Crippen LogP contribution in [0.1, 0.15) is 0 Å². The van der Waals surface area contributed by atoms with Gasteiger partial charge >= 0.3 is 0 Å². The highest BCUT2D eigenvalue weighted by molar-refractivity contribution is 6.24. The minimum absolute atomic E-state index is 0.581. The van der Waals surface area contributed by atoms with Crippen molar-refractivity contribution in [3.05, 3.63) is 243 Å². The van der Waals surface area contributed by atoms with Gasteiger partial charge in [-0.05, 0) is 111 Å². The first-order valence-corrected chi connectivity index (χ1v) is 22.9. The van der Waals surface area contributed by atoms with E-state index in [9.17, 15) is 0 Å².